The number of hydrogen-bond donors (Lipinski definition) is 0. The summed E-state index contributed by atoms with van der Waals surface area (Å²) in [6.07, 6.45) is 0. The van der Waals surface area contributed by atoms with Gasteiger partial charge >= 0.3 is 0 Å². The molecule has 0 unspecified atom stereocenters. The van der Waals surface area contributed by atoms with Crippen molar-refractivity contribution in [2.24, 2.45) is 0 Å². The van der Waals surface area contributed by atoms with Crippen LogP contribution >= 0.6 is 34.0 Å². The molecule has 3 rings (SSSR count). The molecule has 0 fully saturated rings. The first kappa shape index (κ1) is 35.3. The lowest BCUT2D eigenvalue weighted by molar-refractivity contribution is 0.838. The van der Waals surface area contributed by atoms with Gasteiger partial charge in [-0.25, -0.2) is 0 Å². The normalized spacial score (nSPS) is 11.8. The van der Waals surface area contributed by atoms with Gasteiger partial charge in [0, 0.05) is 0 Å². The van der Waals surface area contributed by atoms with Gasteiger partial charge < -0.3 is 0 Å². The van der Waals surface area contributed by atoms with Crippen molar-refractivity contribution in [2.45, 2.75) is 116 Å². The molecule has 0 spiro atoms. The van der Waals surface area contributed by atoms with Gasteiger partial charge in [-0.3, -0.25) is 0 Å². The van der Waals surface area contributed by atoms with Crippen LogP contribution in [0, 0.1) is 46.6 Å². The zero-order valence-corrected chi connectivity index (χ0v) is 32.6. The van der Waals surface area contributed by atoms with Crippen molar-refractivity contribution in [1.82, 2.24) is 0 Å². The van der Waals surface area contributed by atoms with Crippen LogP contribution in [0.1, 0.15) is 114 Å². The topological polar surface area (TPSA) is 0 Å². The van der Waals surface area contributed by atoms with E-state index in [9.17, 15) is 0 Å². The predicted octanol–water partition coefficient (Wildman–Crippen LogP) is 11.8. The van der Waals surface area contributed by atoms with E-state index in [4.69, 9.17) is 0 Å². The Bertz CT molecular complexity index is 1460. The first-order valence-electron chi connectivity index (χ1n) is 15.6. The maximum Gasteiger partial charge on any atom is 0.146 e. The monoisotopic (exact) mass is 656 g/mol. The van der Waals surface area contributed by atoms with Crippen molar-refractivity contribution in [3.8, 4) is 46.6 Å². The third kappa shape index (κ3) is 7.71. The van der Waals surface area contributed by atoms with Crippen molar-refractivity contribution in [2.75, 3.05) is 0 Å². The zero-order chi connectivity index (χ0) is 31.9. The molecule has 5 heteroatoms. The highest BCUT2D eigenvalue weighted by Gasteiger charge is 2.42. The molecule has 0 aliphatic heterocycles. The van der Waals surface area contributed by atoms with E-state index in [0.29, 0.717) is 33.2 Å². The third-order valence-electron chi connectivity index (χ3n) is 9.16. The Kier molecular flexibility index (Phi) is 12.4. The Morgan fingerprint density at radius 2 is 0.651 bits per heavy atom. The summed E-state index contributed by atoms with van der Waals surface area (Å²) in [7, 11) is -3.59. The molecular formula is C38H48S3Si2. The molecule has 0 N–H and O–H groups in total. The molecule has 0 saturated heterocycles. The smallest absolute Gasteiger partial charge is 0.134 e. The van der Waals surface area contributed by atoms with E-state index in [1.165, 1.54) is 0 Å². The molecule has 3 heterocycles. The van der Waals surface area contributed by atoms with Crippen LogP contribution in [0.3, 0.4) is 0 Å². The van der Waals surface area contributed by atoms with E-state index >= 15 is 0 Å². The first-order chi connectivity index (χ1) is 20.3. The second kappa shape index (κ2) is 15.2. The molecule has 0 nitrogen and oxygen atoms in total. The second-order valence-corrected chi connectivity index (χ2v) is 27.2. The van der Waals surface area contributed by atoms with Gasteiger partial charge in [-0.2, -0.15) is 0 Å². The summed E-state index contributed by atoms with van der Waals surface area (Å²) >= 11 is 5.05. The third-order valence-corrected chi connectivity index (χ3v) is 24.2. The van der Waals surface area contributed by atoms with E-state index in [0.717, 1.165) is 31.3 Å². The van der Waals surface area contributed by atoms with Gasteiger partial charge in [0.15, 0.2) is 0 Å². The molecule has 43 heavy (non-hydrogen) atoms. The summed E-state index contributed by atoms with van der Waals surface area (Å²) in [5.74, 6) is 20.9. The Morgan fingerprint density at radius 3 is 0.930 bits per heavy atom. The average Bonchev–Trinajstić information content (AvgIpc) is 3.67. The Morgan fingerprint density at radius 1 is 0.395 bits per heavy atom. The average molecular weight is 657 g/mol. The van der Waals surface area contributed by atoms with Gasteiger partial charge in [-0.15, -0.1) is 45.1 Å². The number of thiophene rings is 3. The minimum absolute atomic E-state index is 0.612. The molecule has 3 aromatic heterocycles. The first-order valence-corrected chi connectivity index (χ1v) is 22.7. The lowest BCUT2D eigenvalue weighted by Gasteiger charge is -2.38. The van der Waals surface area contributed by atoms with Gasteiger partial charge in [0.1, 0.15) is 16.1 Å². The van der Waals surface area contributed by atoms with Gasteiger partial charge in [0.05, 0.1) is 31.3 Å². The molecule has 226 valence electrons. The molecule has 0 aliphatic carbocycles. The summed E-state index contributed by atoms with van der Waals surface area (Å²) < 4.78 is 0. The summed E-state index contributed by atoms with van der Waals surface area (Å²) in [4.78, 5) is 3.17. The van der Waals surface area contributed by atoms with Crippen molar-refractivity contribution >= 4 is 50.2 Å². The fraction of sp³-hybridized carbons (Fsp3) is 0.474. The summed E-state index contributed by atoms with van der Waals surface area (Å²) in [6, 6.07) is 6.29. The second-order valence-electron chi connectivity index (χ2n) is 13.3. The van der Waals surface area contributed by atoms with E-state index in [2.05, 4.69) is 164 Å². The van der Waals surface area contributed by atoms with Crippen molar-refractivity contribution < 1.29 is 0 Å². The maximum atomic E-state index is 3.86. The van der Waals surface area contributed by atoms with Gasteiger partial charge in [0.25, 0.3) is 0 Å². The Balaban J connectivity index is 1.92. The van der Waals surface area contributed by atoms with Crippen LogP contribution in [0.25, 0.3) is 0 Å². The highest BCUT2D eigenvalue weighted by Crippen LogP contribution is 2.42. The minimum atomic E-state index is -1.79. The number of rotatable bonds is 6. The van der Waals surface area contributed by atoms with Crippen molar-refractivity contribution in [3.05, 3.63) is 65.7 Å². The van der Waals surface area contributed by atoms with Gasteiger partial charge in [-0.1, -0.05) is 113 Å². The molecule has 0 radical (unpaired) electrons. The SMILES string of the molecule is CC(C)[Si](C#Cc1sccc1C#Cc1ccsc1C#Cc1ccsc1C#C[Si](C(C)C)(C(C)C)C(C)C)(C(C)C)C(C)C. The molecule has 0 saturated carbocycles. The summed E-state index contributed by atoms with van der Waals surface area (Å²) in [6.45, 7) is 28.3. The van der Waals surface area contributed by atoms with E-state index in [1.807, 2.05) is 0 Å². The molecule has 0 aliphatic rings. The van der Waals surface area contributed by atoms with Crippen LogP contribution in [-0.4, -0.2) is 16.1 Å². The fourth-order valence-corrected chi connectivity index (χ4v) is 19.7. The van der Waals surface area contributed by atoms with Crippen LogP contribution in [0.5, 0.6) is 0 Å². The Hall–Kier alpha value is -2.23. The molecule has 3 aromatic rings. The van der Waals surface area contributed by atoms with Crippen LogP contribution < -0.4 is 0 Å². The van der Waals surface area contributed by atoms with Crippen molar-refractivity contribution in [1.29, 1.82) is 0 Å². The Labute approximate surface area is 277 Å². The minimum Gasteiger partial charge on any atom is -0.134 e. The fourth-order valence-electron chi connectivity index (χ4n) is 6.97. The largest absolute Gasteiger partial charge is 0.146 e. The van der Waals surface area contributed by atoms with E-state index in [1.54, 1.807) is 34.0 Å². The summed E-state index contributed by atoms with van der Waals surface area (Å²) in [5.41, 5.74) is 14.4. The molecule has 0 aromatic carbocycles. The predicted molar refractivity (Wildman–Crippen MR) is 201 cm³/mol. The molecule has 0 bridgehead atoms. The summed E-state index contributed by atoms with van der Waals surface area (Å²) in [5, 5.41) is 6.31. The van der Waals surface area contributed by atoms with E-state index in [-0.39, 0.29) is 0 Å². The van der Waals surface area contributed by atoms with E-state index < -0.39 is 16.1 Å². The van der Waals surface area contributed by atoms with Crippen LogP contribution in [0.2, 0.25) is 33.2 Å². The van der Waals surface area contributed by atoms with Gasteiger partial charge in [-0.05, 0) is 73.5 Å². The van der Waals surface area contributed by atoms with Crippen molar-refractivity contribution in [3.63, 3.8) is 0 Å². The lowest BCUT2D eigenvalue weighted by atomic mass is 10.2. The molecular weight excluding hydrogens is 609 g/mol. The lowest BCUT2D eigenvalue weighted by Crippen LogP contribution is -2.43. The van der Waals surface area contributed by atoms with Gasteiger partial charge in [0.2, 0.25) is 0 Å². The molecule has 0 atom stereocenters. The van der Waals surface area contributed by atoms with Crippen LogP contribution in [0.4, 0.5) is 0 Å². The number of hydrogen-bond acceptors (Lipinski definition) is 3. The zero-order valence-electron chi connectivity index (χ0n) is 28.2. The molecule has 0 amide bonds. The van der Waals surface area contributed by atoms with Crippen LogP contribution in [-0.2, 0) is 0 Å². The quantitative estimate of drug-likeness (QED) is 0.183. The maximum absolute atomic E-state index is 3.86. The highest BCUT2D eigenvalue weighted by molar-refractivity contribution is 7.11. The highest BCUT2D eigenvalue weighted by atomic mass is 32.1. The standard InChI is InChI=1S/C38H48S3Si2/c1-27(2)42(28(3)4,29(5)6)25-20-37-34(18-23-40-37)14-13-33-17-22-39-36(33)16-15-35-19-24-41-38(35)21-26-43(30(7)8,31(9)10)32(11)12/h17-19,22-24,27-32H,1-12H3. The van der Waals surface area contributed by atoms with Crippen LogP contribution in [0.15, 0.2) is 34.3 Å².